The van der Waals surface area contributed by atoms with Crippen molar-refractivity contribution in [2.24, 2.45) is 5.10 Å². The maximum atomic E-state index is 5.30. The van der Waals surface area contributed by atoms with Gasteiger partial charge in [0, 0.05) is 31.1 Å². The van der Waals surface area contributed by atoms with E-state index in [1.54, 1.807) is 17.6 Å². The Balaban J connectivity index is 1.56. The number of hydrazone groups is 1. The van der Waals surface area contributed by atoms with Gasteiger partial charge in [-0.05, 0) is 23.7 Å². The Morgan fingerprint density at radius 3 is 3.11 bits per heavy atom. The van der Waals surface area contributed by atoms with Crippen LogP contribution in [-0.2, 0) is 4.74 Å². The van der Waals surface area contributed by atoms with E-state index in [2.05, 4.69) is 20.7 Å². The van der Waals surface area contributed by atoms with Gasteiger partial charge in [0.25, 0.3) is 0 Å². The van der Waals surface area contributed by atoms with Crippen molar-refractivity contribution in [2.75, 3.05) is 39.4 Å². The van der Waals surface area contributed by atoms with Gasteiger partial charge in [0.1, 0.15) is 0 Å². The Labute approximate surface area is 122 Å². The molecule has 0 radical (unpaired) electrons. The minimum Gasteiger partial charge on any atom is -0.379 e. The molecule has 0 aliphatic carbocycles. The van der Waals surface area contributed by atoms with Crippen LogP contribution >= 0.6 is 23.6 Å². The molecule has 7 heteroatoms. The van der Waals surface area contributed by atoms with E-state index >= 15 is 0 Å². The smallest absolute Gasteiger partial charge is 0.187 e. The van der Waals surface area contributed by atoms with E-state index in [4.69, 9.17) is 17.0 Å². The topological polar surface area (TPSA) is 48.9 Å². The molecule has 0 aromatic carbocycles. The summed E-state index contributed by atoms with van der Waals surface area (Å²) < 4.78 is 5.30. The predicted molar refractivity (Wildman–Crippen MR) is 82.9 cm³/mol. The van der Waals surface area contributed by atoms with Gasteiger partial charge in [0.15, 0.2) is 5.11 Å². The molecule has 1 saturated heterocycles. The molecular formula is C12H18N4OS2. The molecular weight excluding hydrogens is 280 g/mol. The fourth-order valence-corrected chi connectivity index (χ4v) is 2.45. The van der Waals surface area contributed by atoms with Gasteiger partial charge in [-0.3, -0.25) is 10.3 Å². The average Bonchev–Trinajstić information content (AvgIpc) is 2.93. The fraction of sp³-hybridized carbons (Fsp3) is 0.500. The highest BCUT2D eigenvalue weighted by molar-refractivity contribution is 7.80. The molecule has 2 N–H and O–H groups in total. The Hall–Kier alpha value is -1.02. The van der Waals surface area contributed by atoms with Crippen LogP contribution in [0, 0.1) is 0 Å². The molecule has 2 rings (SSSR count). The van der Waals surface area contributed by atoms with E-state index in [9.17, 15) is 0 Å². The monoisotopic (exact) mass is 298 g/mol. The fourth-order valence-electron chi connectivity index (χ4n) is 1.71. The van der Waals surface area contributed by atoms with Gasteiger partial charge in [-0.15, -0.1) is 11.3 Å². The van der Waals surface area contributed by atoms with E-state index in [0.717, 1.165) is 44.3 Å². The molecule has 19 heavy (non-hydrogen) atoms. The van der Waals surface area contributed by atoms with Crippen molar-refractivity contribution in [1.82, 2.24) is 15.6 Å². The number of nitrogens with zero attached hydrogens (tertiary/aromatic N) is 2. The Kier molecular flexibility index (Phi) is 6.22. The van der Waals surface area contributed by atoms with Crippen LogP contribution in [0.1, 0.15) is 4.88 Å². The van der Waals surface area contributed by atoms with Gasteiger partial charge in [0.2, 0.25) is 0 Å². The summed E-state index contributed by atoms with van der Waals surface area (Å²) in [6, 6.07) is 4.00. The zero-order chi connectivity index (χ0) is 13.3. The highest BCUT2D eigenvalue weighted by atomic mass is 32.1. The van der Waals surface area contributed by atoms with Crippen molar-refractivity contribution in [3.05, 3.63) is 22.4 Å². The van der Waals surface area contributed by atoms with Gasteiger partial charge in [-0.25, -0.2) is 0 Å². The van der Waals surface area contributed by atoms with Crippen LogP contribution in [0.5, 0.6) is 0 Å². The van der Waals surface area contributed by atoms with Crippen LogP contribution in [0.15, 0.2) is 22.6 Å². The summed E-state index contributed by atoms with van der Waals surface area (Å²) in [6.07, 6.45) is 1.76. The second-order valence-electron chi connectivity index (χ2n) is 4.10. The molecule has 1 fully saturated rings. The minimum atomic E-state index is 0.557. The second kappa shape index (κ2) is 8.21. The van der Waals surface area contributed by atoms with Gasteiger partial charge in [-0.1, -0.05) is 6.07 Å². The quantitative estimate of drug-likeness (QED) is 0.480. The van der Waals surface area contributed by atoms with Crippen LogP contribution in [0.4, 0.5) is 0 Å². The molecule has 0 spiro atoms. The number of ether oxygens (including phenoxy) is 1. The Morgan fingerprint density at radius 1 is 1.53 bits per heavy atom. The molecule has 0 bridgehead atoms. The normalized spacial score (nSPS) is 16.6. The maximum Gasteiger partial charge on any atom is 0.187 e. The molecule has 1 aliphatic heterocycles. The van der Waals surface area contributed by atoms with Crippen molar-refractivity contribution in [3.8, 4) is 0 Å². The lowest BCUT2D eigenvalue weighted by atomic mass is 10.4. The largest absolute Gasteiger partial charge is 0.379 e. The second-order valence-corrected chi connectivity index (χ2v) is 5.48. The minimum absolute atomic E-state index is 0.557. The molecule has 1 aromatic heterocycles. The SMILES string of the molecule is S=C(NCCN1CCOCC1)NN=Cc1cccs1. The molecule has 1 aromatic rings. The Bertz CT molecular complexity index is 402. The summed E-state index contributed by atoms with van der Waals surface area (Å²) >= 11 is 6.78. The molecule has 0 unspecified atom stereocenters. The standard InChI is InChI=1S/C12H18N4OS2/c18-12(15-14-10-11-2-1-9-19-11)13-3-4-16-5-7-17-8-6-16/h1-2,9-10H,3-8H2,(H2,13,15,18). The molecule has 2 heterocycles. The lowest BCUT2D eigenvalue weighted by Gasteiger charge is -2.26. The first-order valence-electron chi connectivity index (χ1n) is 6.25. The first-order chi connectivity index (χ1) is 9.34. The molecule has 1 aliphatic rings. The van der Waals surface area contributed by atoms with E-state index < -0.39 is 0 Å². The number of hydrogen-bond donors (Lipinski definition) is 2. The summed E-state index contributed by atoms with van der Waals surface area (Å²) in [5.74, 6) is 0. The molecule has 0 atom stereocenters. The van der Waals surface area contributed by atoms with Crippen LogP contribution in [0.2, 0.25) is 0 Å². The van der Waals surface area contributed by atoms with Gasteiger partial charge in [-0.2, -0.15) is 5.10 Å². The Morgan fingerprint density at radius 2 is 2.37 bits per heavy atom. The van der Waals surface area contributed by atoms with Crippen molar-refractivity contribution < 1.29 is 4.74 Å². The highest BCUT2D eigenvalue weighted by Gasteiger charge is 2.09. The van der Waals surface area contributed by atoms with E-state index in [0.29, 0.717) is 5.11 Å². The third-order valence-corrected chi connectivity index (χ3v) is 3.76. The lowest BCUT2D eigenvalue weighted by molar-refractivity contribution is 0.0389. The number of nitrogens with one attached hydrogen (secondary N) is 2. The van der Waals surface area contributed by atoms with Crippen molar-refractivity contribution in [3.63, 3.8) is 0 Å². The van der Waals surface area contributed by atoms with Gasteiger partial charge >= 0.3 is 0 Å². The zero-order valence-electron chi connectivity index (χ0n) is 10.7. The van der Waals surface area contributed by atoms with E-state index in [-0.39, 0.29) is 0 Å². The number of thiophene rings is 1. The highest BCUT2D eigenvalue weighted by Crippen LogP contribution is 2.03. The number of thiocarbonyl (C=S) groups is 1. The van der Waals surface area contributed by atoms with E-state index in [1.165, 1.54) is 0 Å². The zero-order valence-corrected chi connectivity index (χ0v) is 12.3. The van der Waals surface area contributed by atoms with Crippen LogP contribution < -0.4 is 10.7 Å². The first kappa shape index (κ1) is 14.4. The summed E-state index contributed by atoms with van der Waals surface area (Å²) in [7, 11) is 0. The lowest BCUT2D eigenvalue weighted by Crippen LogP contribution is -2.42. The molecule has 0 saturated carbocycles. The van der Waals surface area contributed by atoms with Crippen molar-refractivity contribution >= 4 is 34.9 Å². The van der Waals surface area contributed by atoms with Crippen molar-refractivity contribution in [2.45, 2.75) is 0 Å². The van der Waals surface area contributed by atoms with Crippen LogP contribution in [-0.4, -0.2) is 55.6 Å². The summed E-state index contributed by atoms with van der Waals surface area (Å²) in [5.41, 5.74) is 2.81. The maximum absolute atomic E-state index is 5.30. The van der Waals surface area contributed by atoms with E-state index in [1.807, 2.05) is 17.5 Å². The van der Waals surface area contributed by atoms with Gasteiger partial charge < -0.3 is 10.1 Å². The van der Waals surface area contributed by atoms with Crippen molar-refractivity contribution in [1.29, 1.82) is 0 Å². The molecule has 0 amide bonds. The summed E-state index contributed by atoms with van der Waals surface area (Å²) in [6.45, 7) is 5.44. The summed E-state index contributed by atoms with van der Waals surface area (Å²) in [4.78, 5) is 3.46. The molecule has 104 valence electrons. The molecule has 5 nitrogen and oxygen atoms in total. The summed E-state index contributed by atoms with van der Waals surface area (Å²) in [5, 5.41) is 9.79. The van der Waals surface area contributed by atoms with Crippen LogP contribution in [0.3, 0.4) is 0 Å². The van der Waals surface area contributed by atoms with Gasteiger partial charge in [0.05, 0.1) is 19.4 Å². The third kappa shape index (κ3) is 5.65. The first-order valence-corrected chi connectivity index (χ1v) is 7.54. The third-order valence-electron chi connectivity index (χ3n) is 2.72. The average molecular weight is 298 g/mol. The number of rotatable bonds is 5. The predicted octanol–water partition coefficient (Wildman–Crippen LogP) is 0.878. The number of morpholine rings is 1. The van der Waals surface area contributed by atoms with Crippen LogP contribution in [0.25, 0.3) is 0 Å². The number of hydrogen-bond acceptors (Lipinski definition) is 5.